The lowest BCUT2D eigenvalue weighted by atomic mass is 10.0. The molecule has 0 aliphatic carbocycles. The smallest absolute Gasteiger partial charge is 0.214 e. The fraction of sp³-hybridized carbons (Fsp3) is 1.00. The number of hydrogen-bond acceptors (Lipinski definition) is 3. The zero-order valence-electron chi connectivity index (χ0n) is 10.8. The average Bonchev–Trinajstić information content (AvgIpc) is 2.14. The van der Waals surface area contributed by atoms with Crippen LogP contribution in [0.2, 0.25) is 0 Å². The Balaban J connectivity index is 2.59. The largest absolute Gasteiger partial charge is 0.317 e. The maximum atomic E-state index is 12.1. The molecule has 1 heterocycles. The van der Waals surface area contributed by atoms with Crippen LogP contribution < -0.4 is 5.32 Å². The minimum absolute atomic E-state index is 0.168. The van der Waals surface area contributed by atoms with Gasteiger partial charge in [0.15, 0.2) is 0 Å². The van der Waals surface area contributed by atoms with Crippen LogP contribution >= 0.6 is 0 Å². The molecule has 0 saturated carbocycles. The molecular weight excluding hydrogens is 224 g/mol. The van der Waals surface area contributed by atoms with E-state index >= 15 is 0 Å². The summed E-state index contributed by atoms with van der Waals surface area (Å²) in [5, 5.41) is 3.20. The summed E-state index contributed by atoms with van der Waals surface area (Å²) < 4.78 is 25.8. The molecule has 1 saturated heterocycles. The fourth-order valence-electron chi connectivity index (χ4n) is 2.06. The van der Waals surface area contributed by atoms with Gasteiger partial charge in [-0.3, -0.25) is 0 Å². The van der Waals surface area contributed by atoms with E-state index in [-0.39, 0.29) is 11.2 Å². The Labute approximate surface area is 99.5 Å². The Morgan fingerprint density at radius 1 is 1.25 bits per heavy atom. The fourth-order valence-corrected chi connectivity index (χ4v) is 4.11. The minimum Gasteiger partial charge on any atom is -0.317 e. The van der Waals surface area contributed by atoms with E-state index in [0.29, 0.717) is 19.1 Å². The van der Waals surface area contributed by atoms with Crippen LogP contribution in [0.4, 0.5) is 0 Å². The van der Waals surface area contributed by atoms with Crippen molar-refractivity contribution in [3.8, 4) is 0 Å². The first kappa shape index (κ1) is 13.9. The van der Waals surface area contributed by atoms with Gasteiger partial charge in [-0.05, 0) is 25.3 Å². The van der Waals surface area contributed by atoms with Crippen LogP contribution in [0.1, 0.15) is 33.6 Å². The number of sulfonamides is 1. The van der Waals surface area contributed by atoms with Gasteiger partial charge >= 0.3 is 0 Å². The zero-order valence-corrected chi connectivity index (χ0v) is 11.6. The molecule has 1 N–H and O–H groups in total. The standard InChI is InChI=1S/C11H24N2O2S/c1-11(2,3)9-16(14,15)13-7-5-10(12-4)6-8-13/h10,12H,5-9H2,1-4H3. The maximum Gasteiger partial charge on any atom is 0.214 e. The van der Waals surface area contributed by atoms with Gasteiger partial charge in [0, 0.05) is 19.1 Å². The summed E-state index contributed by atoms with van der Waals surface area (Å²) in [6, 6.07) is 0.473. The molecular formula is C11H24N2O2S. The number of piperidine rings is 1. The molecule has 16 heavy (non-hydrogen) atoms. The van der Waals surface area contributed by atoms with Gasteiger partial charge in [-0.25, -0.2) is 12.7 Å². The van der Waals surface area contributed by atoms with E-state index in [4.69, 9.17) is 0 Å². The Morgan fingerprint density at radius 2 is 1.75 bits per heavy atom. The van der Waals surface area contributed by atoms with Gasteiger partial charge in [0.25, 0.3) is 0 Å². The molecule has 0 spiro atoms. The van der Waals surface area contributed by atoms with E-state index in [1.807, 2.05) is 27.8 Å². The highest BCUT2D eigenvalue weighted by molar-refractivity contribution is 7.89. The van der Waals surface area contributed by atoms with Crippen molar-refractivity contribution < 1.29 is 8.42 Å². The first-order valence-electron chi connectivity index (χ1n) is 5.90. The maximum absolute atomic E-state index is 12.1. The molecule has 0 bridgehead atoms. The highest BCUT2D eigenvalue weighted by atomic mass is 32.2. The second-order valence-electron chi connectivity index (χ2n) is 5.78. The Morgan fingerprint density at radius 3 is 2.12 bits per heavy atom. The minimum atomic E-state index is -3.07. The van der Waals surface area contributed by atoms with Crippen molar-refractivity contribution in [3.63, 3.8) is 0 Å². The van der Waals surface area contributed by atoms with E-state index < -0.39 is 10.0 Å². The van der Waals surface area contributed by atoms with Gasteiger partial charge in [-0.2, -0.15) is 0 Å². The summed E-state index contributed by atoms with van der Waals surface area (Å²) in [6.07, 6.45) is 1.83. The topological polar surface area (TPSA) is 49.4 Å². The summed E-state index contributed by atoms with van der Waals surface area (Å²) in [5.41, 5.74) is -0.168. The summed E-state index contributed by atoms with van der Waals surface area (Å²) in [6.45, 7) is 7.20. The van der Waals surface area contributed by atoms with E-state index in [1.165, 1.54) is 0 Å². The predicted octanol–water partition coefficient (Wildman–Crippen LogP) is 1.05. The van der Waals surface area contributed by atoms with Crippen molar-refractivity contribution in [1.82, 2.24) is 9.62 Å². The van der Waals surface area contributed by atoms with Crippen molar-refractivity contribution in [2.24, 2.45) is 5.41 Å². The molecule has 1 rings (SSSR count). The van der Waals surface area contributed by atoms with Crippen molar-refractivity contribution >= 4 is 10.0 Å². The van der Waals surface area contributed by atoms with E-state index in [1.54, 1.807) is 4.31 Å². The third-order valence-corrected chi connectivity index (χ3v) is 5.25. The van der Waals surface area contributed by atoms with Gasteiger partial charge in [-0.1, -0.05) is 20.8 Å². The second-order valence-corrected chi connectivity index (χ2v) is 7.75. The van der Waals surface area contributed by atoms with Gasteiger partial charge in [-0.15, -0.1) is 0 Å². The molecule has 4 nitrogen and oxygen atoms in total. The number of rotatable bonds is 3. The zero-order chi connectivity index (χ0) is 12.4. The lowest BCUT2D eigenvalue weighted by Crippen LogP contribution is -2.46. The Bertz CT molecular complexity index is 311. The van der Waals surface area contributed by atoms with Crippen molar-refractivity contribution in [3.05, 3.63) is 0 Å². The third-order valence-electron chi connectivity index (χ3n) is 2.87. The summed E-state index contributed by atoms with van der Waals surface area (Å²) in [7, 11) is -1.13. The number of nitrogens with one attached hydrogen (secondary N) is 1. The molecule has 1 aliphatic rings. The number of hydrogen-bond donors (Lipinski definition) is 1. The molecule has 0 aromatic rings. The second kappa shape index (κ2) is 5.02. The van der Waals surface area contributed by atoms with Gasteiger partial charge in [0.2, 0.25) is 10.0 Å². The summed E-state index contributed by atoms with van der Waals surface area (Å²) in [5.74, 6) is 0.240. The Hall–Kier alpha value is -0.130. The molecule has 1 fully saturated rings. The summed E-state index contributed by atoms with van der Waals surface area (Å²) >= 11 is 0. The molecule has 0 aromatic carbocycles. The van der Waals surface area contributed by atoms with Crippen LogP contribution in [0, 0.1) is 5.41 Å². The van der Waals surface area contributed by atoms with Crippen LogP contribution in [-0.4, -0.2) is 44.7 Å². The Kier molecular flexibility index (Phi) is 4.37. The van der Waals surface area contributed by atoms with Crippen molar-refractivity contribution in [1.29, 1.82) is 0 Å². The van der Waals surface area contributed by atoms with Crippen LogP contribution in [0.3, 0.4) is 0 Å². The van der Waals surface area contributed by atoms with Crippen molar-refractivity contribution in [2.75, 3.05) is 25.9 Å². The molecule has 0 aromatic heterocycles. The van der Waals surface area contributed by atoms with Crippen LogP contribution in [0.5, 0.6) is 0 Å². The molecule has 96 valence electrons. The van der Waals surface area contributed by atoms with Gasteiger partial charge < -0.3 is 5.32 Å². The monoisotopic (exact) mass is 248 g/mol. The van der Waals surface area contributed by atoms with Crippen LogP contribution in [0.25, 0.3) is 0 Å². The van der Waals surface area contributed by atoms with Crippen LogP contribution in [0.15, 0.2) is 0 Å². The van der Waals surface area contributed by atoms with Gasteiger partial charge in [0.05, 0.1) is 5.75 Å². The van der Waals surface area contributed by atoms with E-state index in [2.05, 4.69) is 5.32 Å². The lowest BCUT2D eigenvalue weighted by Gasteiger charge is -2.32. The highest BCUT2D eigenvalue weighted by Crippen LogP contribution is 2.21. The molecule has 5 heteroatoms. The molecule has 0 radical (unpaired) electrons. The van der Waals surface area contributed by atoms with E-state index in [9.17, 15) is 8.42 Å². The first-order valence-corrected chi connectivity index (χ1v) is 7.50. The SMILES string of the molecule is CNC1CCN(S(=O)(=O)CC(C)(C)C)CC1. The molecule has 0 amide bonds. The predicted molar refractivity (Wildman–Crippen MR) is 66.9 cm³/mol. The normalized spacial score (nSPS) is 21.2. The molecule has 0 unspecified atom stereocenters. The highest BCUT2D eigenvalue weighted by Gasteiger charge is 2.30. The summed E-state index contributed by atoms with van der Waals surface area (Å²) in [4.78, 5) is 0. The van der Waals surface area contributed by atoms with Gasteiger partial charge in [0.1, 0.15) is 0 Å². The number of nitrogens with zero attached hydrogens (tertiary/aromatic N) is 1. The van der Waals surface area contributed by atoms with E-state index in [0.717, 1.165) is 12.8 Å². The van der Waals surface area contributed by atoms with Crippen LogP contribution in [-0.2, 0) is 10.0 Å². The van der Waals surface area contributed by atoms with Crippen molar-refractivity contribution in [2.45, 2.75) is 39.7 Å². The first-order chi connectivity index (χ1) is 7.24. The quantitative estimate of drug-likeness (QED) is 0.812. The third kappa shape index (κ3) is 4.03. The molecule has 1 aliphatic heterocycles. The molecule has 0 atom stereocenters. The average molecular weight is 248 g/mol. The lowest BCUT2D eigenvalue weighted by molar-refractivity contribution is 0.294.